The highest BCUT2D eigenvalue weighted by atomic mass is 32.2. The lowest BCUT2D eigenvalue weighted by atomic mass is 10.2. The molecule has 3 rings (SSSR count). The Kier molecular flexibility index (Phi) is 4.62. The third-order valence-electron chi connectivity index (χ3n) is 3.34. The van der Waals surface area contributed by atoms with E-state index < -0.39 is 0 Å². The second-order valence-electron chi connectivity index (χ2n) is 5.18. The quantitative estimate of drug-likeness (QED) is 0.716. The van der Waals surface area contributed by atoms with E-state index >= 15 is 0 Å². The van der Waals surface area contributed by atoms with Gasteiger partial charge in [-0.1, -0.05) is 30.8 Å². The maximum Gasteiger partial charge on any atom is 0.259 e. The zero-order chi connectivity index (χ0) is 16.2. The van der Waals surface area contributed by atoms with Crippen molar-refractivity contribution in [2.24, 2.45) is 0 Å². The smallest absolute Gasteiger partial charge is 0.259 e. The number of thioether (sulfide) groups is 1. The van der Waals surface area contributed by atoms with Crippen LogP contribution in [-0.4, -0.2) is 21.1 Å². The normalized spacial score (nSPS) is 12.3. The molecule has 0 aliphatic carbocycles. The average Bonchev–Trinajstić information content (AvgIpc) is 2.95. The van der Waals surface area contributed by atoms with Crippen LogP contribution in [0, 0.1) is 6.92 Å². The van der Waals surface area contributed by atoms with E-state index in [0.717, 1.165) is 11.3 Å². The van der Waals surface area contributed by atoms with Crippen LogP contribution in [0.15, 0.2) is 52.2 Å². The molecule has 1 unspecified atom stereocenters. The monoisotopic (exact) mass is 327 g/mol. The Morgan fingerprint density at radius 2 is 2.22 bits per heavy atom. The first-order chi connectivity index (χ1) is 11.2. The lowest BCUT2D eigenvalue weighted by Gasteiger charge is -2.13. The average molecular weight is 327 g/mol. The number of nitrogens with one attached hydrogen (secondary N) is 1. The Morgan fingerprint density at radius 3 is 2.96 bits per heavy atom. The number of aromatic nitrogens is 2. The molecular weight excluding hydrogens is 310 g/mol. The van der Waals surface area contributed by atoms with Gasteiger partial charge in [0.1, 0.15) is 0 Å². The summed E-state index contributed by atoms with van der Waals surface area (Å²) < 4.78 is 5.63. The molecule has 3 aromatic rings. The van der Waals surface area contributed by atoms with E-state index in [0.29, 0.717) is 22.9 Å². The molecule has 23 heavy (non-hydrogen) atoms. The van der Waals surface area contributed by atoms with Gasteiger partial charge in [-0.05, 0) is 43.2 Å². The zero-order valence-corrected chi connectivity index (χ0v) is 13.8. The molecule has 2 aromatic heterocycles. The van der Waals surface area contributed by atoms with Crippen molar-refractivity contribution < 1.29 is 9.21 Å². The van der Waals surface area contributed by atoms with Crippen molar-refractivity contribution in [1.29, 1.82) is 0 Å². The van der Waals surface area contributed by atoms with Gasteiger partial charge in [0.05, 0.1) is 5.25 Å². The Morgan fingerprint density at radius 1 is 1.35 bits per heavy atom. The number of rotatable bonds is 5. The number of amides is 1. The number of benzene rings is 1. The number of hydrogen-bond donors (Lipinski definition) is 1. The Bertz CT molecular complexity index is 798. The number of oxazole rings is 1. The first kappa shape index (κ1) is 15.6. The summed E-state index contributed by atoms with van der Waals surface area (Å²) in [6.07, 6.45) is 2.34. The minimum absolute atomic E-state index is 0.0571. The Labute approximate surface area is 138 Å². The number of carbonyl (C=O) groups is 1. The van der Waals surface area contributed by atoms with Gasteiger partial charge < -0.3 is 9.73 Å². The van der Waals surface area contributed by atoms with Gasteiger partial charge in [-0.3, -0.25) is 4.79 Å². The minimum atomic E-state index is -0.274. The summed E-state index contributed by atoms with van der Waals surface area (Å²) in [5.74, 6) is -0.0571. The van der Waals surface area contributed by atoms with Gasteiger partial charge in [0.15, 0.2) is 11.2 Å². The summed E-state index contributed by atoms with van der Waals surface area (Å²) in [5.41, 5.74) is 3.09. The number of hydrogen-bond acceptors (Lipinski definition) is 5. The number of nitrogens with zero attached hydrogens (tertiary/aromatic N) is 2. The molecule has 0 fully saturated rings. The molecule has 0 aliphatic heterocycles. The highest BCUT2D eigenvalue weighted by Crippen LogP contribution is 2.28. The third kappa shape index (κ3) is 3.71. The van der Waals surface area contributed by atoms with E-state index in [9.17, 15) is 4.79 Å². The first-order valence-corrected chi connectivity index (χ1v) is 8.29. The third-order valence-corrected chi connectivity index (χ3v) is 4.55. The lowest BCUT2D eigenvalue weighted by molar-refractivity contribution is -0.115. The molecule has 1 aromatic carbocycles. The predicted octanol–water partition coefficient (Wildman–Crippen LogP) is 4.04. The molecule has 0 saturated carbocycles. The maximum absolute atomic E-state index is 12.5. The highest BCUT2D eigenvalue weighted by Gasteiger charge is 2.21. The zero-order valence-electron chi connectivity index (χ0n) is 12.9. The summed E-state index contributed by atoms with van der Waals surface area (Å²) in [6, 6.07) is 11.3. The summed E-state index contributed by atoms with van der Waals surface area (Å²) in [7, 11) is 0. The van der Waals surface area contributed by atoms with Gasteiger partial charge in [-0.2, -0.15) is 4.98 Å². The van der Waals surface area contributed by atoms with Crippen LogP contribution in [0.2, 0.25) is 0 Å². The van der Waals surface area contributed by atoms with Crippen molar-refractivity contribution in [3.8, 4) is 0 Å². The van der Waals surface area contributed by atoms with E-state index in [2.05, 4.69) is 15.3 Å². The number of aryl methyl sites for hydroxylation is 1. The molecule has 0 radical (unpaired) electrons. The van der Waals surface area contributed by atoms with Crippen molar-refractivity contribution in [3.05, 3.63) is 48.2 Å². The molecule has 1 amide bonds. The molecule has 6 heteroatoms. The van der Waals surface area contributed by atoms with Crippen LogP contribution < -0.4 is 5.32 Å². The Hall–Kier alpha value is -2.34. The van der Waals surface area contributed by atoms with Crippen LogP contribution in [0.1, 0.15) is 18.9 Å². The fourth-order valence-electron chi connectivity index (χ4n) is 2.19. The summed E-state index contributed by atoms with van der Waals surface area (Å²) in [4.78, 5) is 20.9. The van der Waals surface area contributed by atoms with Crippen LogP contribution in [0.4, 0.5) is 5.69 Å². The van der Waals surface area contributed by atoms with Gasteiger partial charge in [-0.15, -0.1) is 0 Å². The molecule has 1 N–H and O–H groups in total. The van der Waals surface area contributed by atoms with Crippen LogP contribution in [-0.2, 0) is 4.79 Å². The molecule has 0 bridgehead atoms. The molecule has 0 aliphatic rings. The van der Waals surface area contributed by atoms with Crippen LogP contribution >= 0.6 is 11.8 Å². The van der Waals surface area contributed by atoms with Crippen molar-refractivity contribution in [3.63, 3.8) is 0 Å². The number of pyridine rings is 1. The van der Waals surface area contributed by atoms with Crippen molar-refractivity contribution in [1.82, 2.24) is 9.97 Å². The van der Waals surface area contributed by atoms with E-state index in [1.165, 1.54) is 11.8 Å². The van der Waals surface area contributed by atoms with Gasteiger partial charge in [0.25, 0.3) is 5.22 Å². The van der Waals surface area contributed by atoms with Crippen molar-refractivity contribution in [2.75, 3.05) is 5.32 Å². The molecule has 2 heterocycles. The standard InChI is InChI=1S/C17H17N3O2S/c1-3-14(16(21)19-12-7-4-6-11(2)10-12)23-17-20-15-13(22-17)8-5-9-18-15/h4-10,14H,3H2,1-2H3,(H,19,21). The molecule has 5 nitrogen and oxygen atoms in total. The predicted molar refractivity (Wildman–Crippen MR) is 91.5 cm³/mol. The molecular formula is C17H17N3O2S. The van der Waals surface area contributed by atoms with E-state index in [1.807, 2.05) is 44.2 Å². The van der Waals surface area contributed by atoms with Gasteiger partial charge >= 0.3 is 0 Å². The Balaban J connectivity index is 1.72. The van der Waals surface area contributed by atoms with Gasteiger partial charge in [0.2, 0.25) is 5.91 Å². The summed E-state index contributed by atoms with van der Waals surface area (Å²) in [5, 5.41) is 3.13. The van der Waals surface area contributed by atoms with E-state index in [1.54, 1.807) is 12.3 Å². The first-order valence-electron chi connectivity index (χ1n) is 7.41. The van der Waals surface area contributed by atoms with Crippen LogP contribution in [0.5, 0.6) is 0 Å². The van der Waals surface area contributed by atoms with Crippen LogP contribution in [0.3, 0.4) is 0 Å². The van der Waals surface area contributed by atoms with Gasteiger partial charge in [-0.25, -0.2) is 4.98 Å². The fraction of sp³-hybridized carbons (Fsp3) is 0.235. The van der Waals surface area contributed by atoms with E-state index in [4.69, 9.17) is 4.42 Å². The SMILES string of the molecule is CCC(Sc1nc2ncccc2o1)C(=O)Nc1cccc(C)c1. The number of anilines is 1. The molecule has 0 spiro atoms. The topological polar surface area (TPSA) is 68.0 Å². The number of fused-ring (bicyclic) bond motifs is 1. The largest absolute Gasteiger partial charge is 0.430 e. The second-order valence-corrected chi connectivity index (χ2v) is 6.33. The van der Waals surface area contributed by atoms with E-state index in [-0.39, 0.29) is 11.2 Å². The summed E-state index contributed by atoms with van der Waals surface area (Å²) in [6.45, 7) is 3.96. The molecule has 1 atom stereocenters. The number of carbonyl (C=O) groups excluding carboxylic acids is 1. The second kappa shape index (κ2) is 6.83. The summed E-state index contributed by atoms with van der Waals surface area (Å²) >= 11 is 1.32. The molecule has 118 valence electrons. The maximum atomic E-state index is 12.5. The highest BCUT2D eigenvalue weighted by molar-refractivity contribution is 8.00. The van der Waals surface area contributed by atoms with Crippen molar-refractivity contribution >= 4 is 34.6 Å². The lowest BCUT2D eigenvalue weighted by Crippen LogP contribution is -2.24. The molecule has 0 saturated heterocycles. The van der Waals surface area contributed by atoms with Gasteiger partial charge in [0, 0.05) is 11.9 Å². The fourth-order valence-corrected chi connectivity index (χ4v) is 3.04. The minimum Gasteiger partial charge on any atom is -0.430 e. The van der Waals surface area contributed by atoms with Crippen LogP contribution in [0.25, 0.3) is 11.2 Å². The van der Waals surface area contributed by atoms with Crippen molar-refractivity contribution in [2.45, 2.75) is 30.7 Å².